The van der Waals surface area contributed by atoms with Crippen molar-refractivity contribution in [2.24, 2.45) is 0 Å². The van der Waals surface area contributed by atoms with Gasteiger partial charge in [0.2, 0.25) is 5.82 Å². The lowest BCUT2D eigenvalue weighted by atomic mass is 9.88. The Bertz CT molecular complexity index is 460. The lowest BCUT2D eigenvalue weighted by molar-refractivity contribution is 0.104. The zero-order valence-electron chi connectivity index (χ0n) is 11.1. The van der Waals surface area contributed by atoms with E-state index in [0.29, 0.717) is 10.5 Å². The van der Waals surface area contributed by atoms with Gasteiger partial charge in [0.1, 0.15) is 10.5 Å². The molecule has 1 nitrogen and oxygen atoms in total. The van der Waals surface area contributed by atoms with Crippen LogP contribution in [-0.2, 0) is 4.43 Å². The molecule has 0 saturated heterocycles. The highest BCUT2D eigenvalue weighted by Crippen LogP contribution is 2.33. The van der Waals surface area contributed by atoms with Crippen molar-refractivity contribution in [3.05, 3.63) is 34.6 Å². The van der Waals surface area contributed by atoms with Crippen molar-refractivity contribution in [3.8, 4) is 0 Å². The molecule has 0 amide bonds. The average Bonchev–Trinajstić information content (AvgIpc) is 2.33. The van der Waals surface area contributed by atoms with Crippen molar-refractivity contribution in [2.75, 3.05) is 0 Å². The zero-order valence-corrected chi connectivity index (χ0v) is 13.1. The maximum atomic E-state index is 13.6. The number of hydrogen-bond donors (Lipinski definition) is 0. The molecule has 1 aromatic carbocycles. The molecule has 0 aliphatic carbocycles. The molecule has 1 atom stereocenters. The van der Waals surface area contributed by atoms with E-state index in [2.05, 4.69) is 0 Å². The Balaban J connectivity index is 3.28. The predicted molar refractivity (Wildman–Crippen MR) is 64.4 cm³/mol. The summed E-state index contributed by atoms with van der Waals surface area (Å²) in [5.41, 5.74) is -1.46. The minimum atomic E-state index is -2.13. The molecule has 0 saturated carbocycles. The van der Waals surface area contributed by atoms with Crippen LogP contribution in [0.15, 0.2) is 0 Å². The third kappa shape index (κ3) is 3.14. The molecule has 7 heteroatoms. The van der Waals surface area contributed by atoms with E-state index in [9.17, 15) is 22.0 Å². The SMILES string of the molecule is CC(CC(C)(C)O[SiH3])c1c(F)c(F)c(F)c(F)c1F. The van der Waals surface area contributed by atoms with Gasteiger partial charge in [-0.25, -0.2) is 22.0 Å². The minimum Gasteiger partial charge on any atom is -0.423 e. The van der Waals surface area contributed by atoms with Crippen molar-refractivity contribution in [2.45, 2.75) is 38.7 Å². The highest BCUT2D eigenvalue weighted by atomic mass is 28.2. The second kappa shape index (κ2) is 5.58. The molecule has 0 aromatic heterocycles. The van der Waals surface area contributed by atoms with Gasteiger partial charge in [-0.3, -0.25) is 0 Å². The Hall–Kier alpha value is -0.953. The van der Waals surface area contributed by atoms with Crippen molar-refractivity contribution in [3.63, 3.8) is 0 Å². The summed E-state index contributed by atoms with van der Waals surface area (Å²) < 4.78 is 71.5. The van der Waals surface area contributed by atoms with Crippen LogP contribution >= 0.6 is 0 Å². The zero-order chi connectivity index (χ0) is 15.0. The molecule has 0 aliphatic heterocycles. The molecule has 0 aliphatic rings. The van der Waals surface area contributed by atoms with E-state index >= 15 is 0 Å². The third-order valence-electron chi connectivity index (χ3n) is 3.09. The van der Waals surface area contributed by atoms with Gasteiger partial charge in [0.25, 0.3) is 0 Å². The smallest absolute Gasteiger partial charge is 0.200 e. The standard InChI is InChI=1S/C12H15F5OSi/c1-5(4-12(2,3)18-19)6-7(13)9(15)11(17)10(16)8(6)14/h5H,4H2,1-3,19H3. The van der Waals surface area contributed by atoms with Crippen LogP contribution in [0, 0.1) is 29.1 Å². The quantitative estimate of drug-likeness (QED) is 0.359. The van der Waals surface area contributed by atoms with Gasteiger partial charge in [-0.1, -0.05) is 6.92 Å². The van der Waals surface area contributed by atoms with E-state index in [1.54, 1.807) is 13.8 Å². The van der Waals surface area contributed by atoms with Crippen molar-refractivity contribution in [1.82, 2.24) is 0 Å². The van der Waals surface area contributed by atoms with Crippen LogP contribution in [-0.4, -0.2) is 16.1 Å². The molecule has 19 heavy (non-hydrogen) atoms. The van der Waals surface area contributed by atoms with Crippen molar-refractivity contribution >= 4 is 10.5 Å². The van der Waals surface area contributed by atoms with Crippen LogP contribution in [0.4, 0.5) is 22.0 Å². The topological polar surface area (TPSA) is 9.23 Å². The van der Waals surface area contributed by atoms with Crippen LogP contribution in [0.1, 0.15) is 38.7 Å². The van der Waals surface area contributed by atoms with Crippen LogP contribution in [0.3, 0.4) is 0 Å². The monoisotopic (exact) mass is 298 g/mol. The maximum Gasteiger partial charge on any atom is 0.200 e. The molecule has 0 N–H and O–H groups in total. The minimum absolute atomic E-state index is 0.148. The molecule has 1 unspecified atom stereocenters. The highest BCUT2D eigenvalue weighted by molar-refractivity contribution is 5.98. The summed E-state index contributed by atoms with van der Waals surface area (Å²) in [5.74, 6) is -10.4. The van der Waals surface area contributed by atoms with Gasteiger partial charge in [-0.2, -0.15) is 0 Å². The summed E-state index contributed by atoms with van der Waals surface area (Å²) in [4.78, 5) is 0. The van der Waals surface area contributed by atoms with Crippen molar-refractivity contribution < 1.29 is 26.4 Å². The lowest BCUT2D eigenvalue weighted by Crippen LogP contribution is -2.26. The van der Waals surface area contributed by atoms with Gasteiger partial charge >= 0.3 is 0 Å². The van der Waals surface area contributed by atoms with Crippen LogP contribution in [0.25, 0.3) is 0 Å². The Morgan fingerprint density at radius 3 is 1.68 bits per heavy atom. The van der Waals surface area contributed by atoms with E-state index in [1.165, 1.54) is 6.92 Å². The number of rotatable bonds is 4. The van der Waals surface area contributed by atoms with Gasteiger partial charge < -0.3 is 4.43 Å². The number of benzene rings is 1. The van der Waals surface area contributed by atoms with Gasteiger partial charge in [0, 0.05) is 11.2 Å². The van der Waals surface area contributed by atoms with E-state index in [4.69, 9.17) is 4.43 Å². The third-order valence-corrected chi connectivity index (χ3v) is 4.19. The first-order valence-electron chi connectivity index (χ1n) is 5.69. The van der Waals surface area contributed by atoms with E-state index in [0.717, 1.165) is 0 Å². The molecule has 0 heterocycles. The molecule has 1 aromatic rings. The molecule has 0 bridgehead atoms. The fraction of sp³-hybridized carbons (Fsp3) is 0.500. The van der Waals surface area contributed by atoms with Gasteiger partial charge in [-0.15, -0.1) is 0 Å². The fourth-order valence-corrected chi connectivity index (χ4v) is 2.14. The highest BCUT2D eigenvalue weighted by Gasteiger charge is 2.31. The largest absolute Gasteiger partial charge is 0.423 e. The fourth-order valence-electron chi connectivity index (χ4n) is 1.98. The van der Waals surface area contributed by atoms with E-state index in [1.807, 2.05) is 0 Å². The van der Waals surface area contributed by atoms with E-state index < -0.39 is 46.2 Å². The summed E-state index contributed by atoms with van der Waals surface area (Å²) in [5, 5.41) is 0. The second-order valence-corrected chi connectivity index (χ2v) is 5.46. The Labute approximate surface area is 111 Å². The van der Waals surface area contributed by atoms with Gasteiger partial charge in [0.05, 0.1) is 0 Å². The first kappa shape index (κ1) is 16.1. The molecule has 0 fully saturated rings. The Kier molecular flexibility index (Phi) is 4.73. The summed E-state index contributed by atoms with van der Waals surface area (Å²) >= 11 is 0. The van der Waals surface area contributed by atoms with Crippen LogP contribution < -0.4 is 0 Å². The maximum absolute atomic E-state index is 13.6. The Morgan fingerprint density at radius 2 is 1.32 bits per heavy atom. The summed E-state index contributed by atoms with van der Waals surface area (Å²) in [6.45, 7) is 4.80. The molecule has 108 valence electrons. The summed E-state index contributed by atoms with van der Waals surface area (Å²) in [6, 6.07) is 0. The summed E-state index contributed by atoms with van der Waals surface area (Å²) in [7, 11) is 0.411. The predicted octanol–water partition coefficient (Wildman–Crippen LogP) is 2.95. The molecular formula is C12H15F5OSi. The van der Waals surface area contributed by atoms with Crippen LogP contribution in [0.5, 0.6) is 0 Å². The second-order valence-electron chi connectivity index (χ2n) is 5.05. The normalized spacial score (nSPS) is 13.9. The number of halogens is 5. The summed E-state index contributed by atoms with van der Waals surface area (Å²) in [6.07, 6.45) is 0.148. The van der Waals surface area contributed by atoms with Gasteiger partial charge in [-0.05, 0) is 26.2 Å². The van der Waals surface area contributed by atoms with Crippen LogP contribution in [0.2, 0.25) is 0 Å². The molecule has 1 rings (SSSR count). The Morgan fingerprint density at radius 1 is 0.947 bits per heavy atom. The van der Waals surface area contributed by atoms with E-state index in [-0.39, 0.29) is 6.42 Å². The average molecular weight is 298 g/mol. The number of hydrogen-bond acceptors (Lipinski definition) is 1. The van der Waals surface area contributed by atoms with Gasteiger partial charge in [0.15, 0.2) is 23.3 Å². The lowest BCUT2D eigenvalue weighted by Gasteiger charge is -2.28. The molecular weight excluding hydrogens is 283 g/mol. The van der Waals surface area contributed by atoms with Crippen molar-refractivity contribution in [1.29, 1.82) is 0 Å². The first-order chi connectivity index (χ1) is 8.62. The molecule has 0 radical (unpaired) electrons. The first-order valence-corrected chi connectivity index (χ1v) is 6.50. The molecule has 0 spiro atoms.